The second kappa shape index (κ2) is 4.13. The van der Waals surface area contributed by atoms with Crippen molar-refractivity contribution in [3.05, 3.63) is 0 Å². The second-order valence-corrected chi connectivity index (χ2v) is 6.41. The summed E-state index contributed by atoms with van der Waals surface area (Å²) in [6, 6.07) is 0. The Kier molecular flexibility index (Phi) is 3.23. The van der Waals surface area contributed by atoms with Gasteiger partial charge in [-0.1, -0.05) is 49.0 Å². The molecule has 14 heavy (non-hydrogen) atoms. The van der Waals surface area contributed by atoms with Gasteiger partial charge in [0.15, 0.2) is 0 Å². The molecule has 0 bridgehead atoms. The number of aliphatic hydroxyl groups is 1. The van der Waals surface area contributed by atoms with Gasteiger partial charge >= 0.3 is 0 Å². The van der Waals surface area contributed by atoms with Gasteiger partial charge in [-0.15, -0.1) is 0 Å². The molecule has 2 heteroatoms. The van der Waals surface area contributed by atoms with Crippen molar-refractivity contribution < 1.29 is 5.11 Å². The van der Waals surface area contributed by atoms with Crippen LogP contribution in [0.15, 0.2) is 0 Å². The molecule has 2 rings (SSSR count). The molecule has 0 saturated heterocycles. The van der Waals surface area contributed by atoms with Crippen LogP contribution in [0.25, 0.3) is 0 Å². The molecule has 0 aromatic carbocycles. The van der Waals surface area contributed by atoms with Gasteiger partial charge in [0.25, 0.3) is 0 Å². The Morgan fingerprint density at radius 2 is 1.93 bits per heavy atom. The number of rotatable bonds is 0. The van der Waals surface area contributed by atoms with E-state index in [1.807, 2.05) is 0 Å². The molecule has 0 radical (unpaired) electrons. The minimum Gasteiger partial charge on any atom is -0.392 e. The van der Waals surface area contributed by atoms with Gasteiger partial charge in [0.1, 0.15) is 0 Å². The Balaban J connectivity index is 2.14. The average molecular weight is 261 g/mol. The maximum Gasteiger partial charge on any atom is 0.0670 e. The molecular weight excluding hydrogens is 240 g/mol. The van der Waals surface area contributed by atoms with Crippen molar-refractivity contribution in [2.24, 2.45) is 23.7 Å². The summed E-state index contributed by atoms with van der Waals surface area (Å²) >= 11 is 3.66. The molecule has 2 aliphatic rings. The summed E-state index contributed by atoms with van der Waals surface area (Å²) in [6.45, 7) is 4.70. The zero-order valence-corrected chi connectivity index (χ0v) is 10.7. The number of hydrogen-bond donors (Lipinski definition) is 1. The first-order chi connectivity index (χ1) is 6.61. The molecule has 0 aliphatic heterocycles. The molecule has 2 saturated carbocycles. The van der Waals surface area contributed by atoms with E-state index in [-0.39, 0.29) is 6.10 Å². The number of fused-ring (bicyclic) bond motifs is 1. The zero-order chi connectivity index (χ0) is 10.3. The monoisotopic (exact) mass is 260 g/mol. The van der Waals surface area contributed by atoms with Crippen LogP contribution in [0.5, 0.6) is 0 Å². The maximum atomic E-state index is 9.93. The van der Waals surface area contributed by atoms with E-state index >= 15 is 0 Å². The largest absolute Gasteiger partial charge is 0.392 e. The molecule has 0 aromatic rings. The summed E-state index contributed by atoms with van der Waals surface area (Å²) in [5.41, 5.74) is 0. The average Bonchev–Trinajstić information content (AvgIpc) is 2.14. The molecule has 1 N–H and O–H groups in total. The second-order valence-electron chi connectivity index (χ2n) is 5.35. The fraction of sp³-hybridized carbons (Fsp3) is 1.00. The summed E-state index contributed by atoms with van der Waals surface area (Å²) in [7, 11) is 0. The highest BCUT2D eigenvalue weighted by Gasteiger charge is 2.44. The van der Waals surface area contributed by atoms with Crippen LogP contribution in [0.2, 0.25) is 0 Å². The van der Waals surface area contributed by atoms with Crippen LogP contribution in [0.1, 0.15) is 39.5 Å². The lowest BCUT2D eigenvalue weighted by atomic mass is 9.61. The molecule has 5 unspecified atom stereocenters. The lowest BCUT2D eigenvalue weighted by Gasteiger charge is -2.48. The fourth-order valence-electron chi connectivity index (χ4n) is 3.78. The molecule has 2 aliphatic carbocycles. The Hall–Kier alpha value is 0.440. The van der Waals surface area contributed by atoms with E-state index in [4.69, 9.17) is 0 Å². The van der Waals surface area contributed by atoms with Gasteiger partial charge in [0, 0.05) is 4.83 Å². The van der Waals surface area contributed by atoms with Crippen molar-refractivity contribution in [3.63, 3.8) is 0 Å². The van der Waals surface area contributed by atoms with Gasteiger partial charge in [0.2, 0.25) is 0 Å². The standard InChI is InChI=1S/C12H21BrO/c1-7-4-3-5-9-6-10(14)12(13)8(2)11(7)9/h7-12,14H,3-6H2,1-2H3/t7?,8-,9?,10?,11?,12?/m0/s1. The van der Waals surface area contributed by atoms with Crippen LogP contribution < -0.4 is 0 Å². The Labute approximate surface area is 95.4 Å². The first-order valence-electron chi connectivity index (χ1n) is 5.93. The highest BCUT2D eigenvalue weighted by atomic mass is 79.9. The molecule has 82 valence electrons. The van der Waals surface area contributed by atoms with Gasteiger partial charge in [-0.25, -0.2) is 0 Å². The Morgan fingerprint density at radius 1 is 1.21 bits per heavy atom. The molecule has 6 atom stereocenters. The quantitative estimate of drug-likeness (QED) is 0.664. The minimum absolute atomic E-state index is 0.114. The first-order valence-corrected chi connectivity index (χ1v) is 6.85. The van der Waals surface area contributed by atoms with Gasteiger partial charge in [-0.05, 0) is 30.1 Å². The van der Waals surface area contributed by atoms with Crippen LogP contribution in [-0.4, -0.2) is 16.0 Å². The number of alkyl halides is 1. The van der Waals surface area contributed by atoms with Gasteiger partial charge in [-0.3, -0.25) is 0 Å². The van der Waals surface area contributed by atoms with Gasteiger partial charge in [-0.2, -0.15) is 0 Å². The van der Waals surface area contributed by atoms with E-state index in [0.717, 1.165) is 24.2 Å². The first kappa shape index (κ1) is 10.9. The number of halogens is 1. The number of aliphatic hydroxyl groups excluding tert-OH is 1. The smallest absolute Gasteiger partial charge is 0.0670 e. The number of hydrogen-bond acceptors (Lipinski definition) is 1. The lowest BCUT2D eigenvalue weighted by molar-refractivity contribution is -0.00270. The Morgan fingerprint density at radius 3 is 2.64 bits per heavy atom. The summed E-state index contributed by atoms with van der Waals surface area (Å²) < 4.78 is 0. The highest BCUT2D eigenvalue weighted by Crippen LogP contribution is 2.48. The van der Waals surface area contributed by atoms with Crippen LogP contribution in [0.4, 0.5) is 0 Å². The van der Waals surface area contributed by atoms with E-state index in [1.54, 1.807) is 0 Å². The third kappa shape index (κ3) is 1.76. The van der Waals surface area contributed by atoms with E-state index in [0.29, 0.717) is 10.7 Å². The third-order valence-electron chi connectivity index (χ3n) is 4.46. The summed E-state index contributed by atoms with van der Waals surface area (Å²) in [5.74, 6) is 3.13. The van der Waals surface area contributed by atoms with E-state index in [1.165, 1.54) is 19.3 Å². The Bertz CT molecular complexity index is 204. The van der Waals surface area contributed by atoms with Crippen LogP contribution in [0, 0.1) is 23.7 Å². The van der Waals surface area contributed by atoms with Crippen molar-refractivity contribution in [1.29, 1.82) is 0 Å². The summed E-state index contributed by atoms with van der Waals surface area (Å²) in [4.78, 5) is 0.323. The molecule has 0 spiro atoms. The third-order valence-corrected chi connectivity index (χ3v) is 5.90. The molecule has 2 fully saturated rings. The predicted molar refractivity (Wildman–Crippen MR) is 62.5 cm³/mol. The molecular formula is C12H21BrO. The van der Waals surface area contributed by atoms with Gasteiger partial charge < -0.3 is 5.11 Å². The van der Waals surface area contributed by atoms with Crippen molar-refractivity contribution in [2.75, 3.05) is 0 Å². The summed E-state index contributed by atoms with van der Waals surface area (Å²) in [5, 5.41) is 9.93. The van der Waals surface area contributed by atoms with E-state index in [2.05, 4.69) is 29.8 Å². The SMILES string of the molecule is CC1CCCC2CC(O)C(Br)[C@@H](C)C12. The van der Waals surface area contributed by atoms with Crippen molar-refractivity contribution in [2.45, 2.75) is 50.5 Å². The highest BCUT2D eigenvalue weighted by molar-refractivity contribution is 9.09. The minimum atomic E-state index is -0.114. The summed E-state index contributed by atoms with van der Waals surface area (Å²) in [6.07, 6.45) is 5.01. The van der Waals surface area contributed by atoms with Crippen molar-refractivity contribution >= 4 is 15.9 Å². The predicted octanol–water partition coefficient (Wildman–Crippen LogP) is 3.20. The molecule has 0 amide bonds. The van der Waals surface area contributed by atoms with E-state index in [9.17, 15) is 5.11 Å². The normalized spacial score (nSPS) is 54.0. The molecule has 0 heterocycles. The topological polar surface area (TPSA) is 20.2 Å². The van der Waals surface area contributed by atoms with Crippen LogP contribution >= 0.6 is 15.9 Å². The van der Waals surface area contributed by atoms with Crippen molar-refractivity contribution in [1.82, 2.24) is 0 Å². The van der Waals surface area contributed by atoms with Crippen molar-refractivity contribution in [3.8, 4) is 0 Å². The van der Waals surface area contributed by atoms with Gasteiger partial charge in [0.05, 0.1) is 6.10 Å². The molecule has 1 nitrogen and oxygen atoms in total. The van der Waals surface area contributed by atoms with E-state index < -0.39 is 0 Å². The molecule has 0 aromatic heterocycles. The van der Waals surface area contributed by atoms with Crippen LogP contribution in [0.3, 0.4) is 0 Å². The lowest BCUT2D eigenvalue weighted by Crippen LogP contribution is -2.46. The maximum absolute atomic E-state index is 9.93. The fourth-order valence-corrected chi connectivity index (χ4v) is 4.35. The van der Waals surface area contributed by atoms with Crippen LogP contribution in [-0.2, 0) is 0 Å². The zero-order valence-electron chi connectivity index (χ0n) is 9.12.